The number of halogens is 5. The summed E-state index contributed by atoms with van der Waals surface area (Å²) in [6.45, 7) is 0. The smallest absolute Gasteiger partial charge is 0.295 e. The van der Waals surface area contributed by atoms with Gasteiger partial charge >= 0.3 is 5.51 Å². The maximum Gasteiger partial charge on any atom is 0.490 e. The van der Waals surface area contributed by atoms with E-state index in [1.165, 1.54) is 10.8 Å². The van der Waals surface area contributed by atoms with Gasteiger partial charge < -0.3 is 0 Å². The largest absolute Gasteiger partial charge is 0.490 e. The van der Waals surface area contributed by atoms with Crippen LogP contribution in [0.3, 0.4) is 0 Å². The van der Waals surface area contributed by atoms with Crippen molar-refractivity contribution in [3.8, 4) is 0 Å². The molecule has 2 nitrogen and oxygen atoms in total. The molecule has 0 aliphatic rings. The zero-order valence-corrected chi connectivity index (χ0v) is 9.34. The number of alkyl halides is 3. The van der Waals surface area contributed by atoms with E-state index in [2.05, 4.69) is 15.9 Å². The number of nitrogens with one attached hydrogen (secondary N) is 1. The Hall–Kier alpha value is -0.630. The summed E-state index contributed by atoms with van der Waals surface area (Å²) in [4.78, 5) is 0. The van der Waals surface area contributed by atoms with Gasteiger partial charge in [-0.3, -0.25) is 4.72 Å². The van der Waals surface area contributed by atoms with E-state index in [1.807, 2.05) is 0 Å². The maximum absolute atomic E-state index is 13.0. The van der Waals surface area contributed by atoms with Crippen LogP contribution in [0.15, 0.2) is 22.7 Å². The Labute approximate surface area is 93.4 Å². The molecule has 0 aromatic heterocycles. The third-order valence-corrected chi connectivity index (χ3v) is 2.66. The second kappa shape index (κ2) is 4.48. The predicted molar refractivity (Wildman–Crippen MR) is 51.9 cm³/mol. The molecule has 0 radical (unpaired) electrons. The molecule has 0 fully saturated rings. The molecule has 0 saturated carbocycles. The summed E-state index contributed by atoms with van der Waals surface area (Å²) in [6, 6.07) is 3.36. The Morgan fingerprint density at radius 1 is 1.33 bits per heavy atom. The van der Waals surface area contributed by atoms with Crippen LogP contribution < -0.4 is 4.72 Å². The summed E-state index contributed by atoms with van der Waals surface area (Å²) in [5.41, 5.74) is -5.38. The molecular weight excluding hydrogens is 302 g/mol. The number of benzene rings is 1. The lowest BCUT2D eigenvalue weighted by molar-refractivity contribution is -0.0379. The van der Waals surface area contributed by atoms with Gasteiger partial charge in [0.25, 0.3) is 0 Å². The van der Waals surface area contributed by atoms with Gasteiger partial charge in [-0.25, -0.2) is 8.60 Å². The number of rotatable bonds is 2. The molecule has 84 valence electrons. The van der Waals surface area contributed by atoms with Crippen molar-refractivity contribution in [2.45, 2.75) is 5.51 Å². The van der Waals surface area contributed by atoms with Gasteiger partial charge in [-0.15, -0.1) is 0 Å². The fourth-order valence-electron chi connectivity index (χ4n) is 0.730. The molecule has 1 aromatic carbocycles. The van der Waals surface area contributed by atoms with Crippen molar-refractivity contribution in [3.05, 3.63) is 28.5 Å². The van der Waals surface area contributed by atoms with Gasteiger partial charge in [0.1, 0.15) is 5.82 Å². The van der Waals surface area contributed by atoms with Crippen LogP contribution in [0.1, 0.15) is 0 Å². The van der Waals surface area contributed by atoms with Crippen molar-refractivity contribution in [3.63, 3.8) is 0 Å². The molecule has 0 amide bonds. The number of hydrogen-bond donors (Lipinski definition) is 1. The highest BCUT2D eigenvalue weighted by Crippen LogP contribution is 2.24. The lowest BCUT2D eigenvalue weighted by Crippen LogP contribution is -2.23. The quantitative estimate of drug-likeness (QED) is 0.835. The number of anilines is 1. The molecule has 8 heteroatoms. The van der Waals surface area contributed by atoms with Gasteiger partial charge in [-0.05, 0) is 18.2 Å². The van der Waals surface area contributed by atoms with E-state index < -0.39 is 28.0 Å². The zero-order chi connectivity index (χ0) is 11.6. The fourth-order valence-corrected chi connectivity index (χ4v) is 1.54. The molecule has 0 bridgehead atoms. The lowest BCUT2D eigenvalue weighted by Gasteiger charge is -2.09. The van der Waals surface area contributed by atoms with Crippen molar-refractivity contribution in [2.24, 2.45) is 0 Å². The molecule has 0 saturated heterocycles. The monoisotopic (exact) mass is 305 g/mol. The molecule has 0 aliphatic heterocycles. The fraction of sp³-hybridized carbons (Fsp3) is 0.143. The summed E-state index contributed by atoms with van der Waals surface area (Å²) in [5.74, 6) is -0.915. The highest BCUT2D eigenvalue weighted by atomic mass is 79.9. The number of hydrogen-bond acceptors (Lipinski definition) is 1. The van der Waals surface area contributed by atoms with Crippen LogP contribution in [0, 0.1) is 5.82 Å². The maximum atomic E-state index is 13.0. The van der Waals surface area contributed by atoms with Crippen LogP contribution in [0.5, 0.6) is 0 Å². The Bertz CT molecular complexity index is 395. The molecule has 15 heavy (non-hydrogen) atoms. The van der Waals surface area contributed by atoms with Crippen LogP contribution in [-0.2, 0) is 11.0 Å². The minimum Gasteiger partial charge on any atom is -0.295 e. The van der Waals surface area contributed by atoms with E-state index in [0.29, 0.717) is 4.47 Å². The SMILES string of the molecule is O=S(Nc1ccc(Br)cc1F)C(F)(F)F. The molecule has 1 unspecified atom stereocenters. The van der Waals surface area contributed by atoms with E-state index in [-0.39, 0.29) is 0 Å². The molecule has 0 heterocycles. The highest BCUT2D eigenvalue weighted by Gasteiger charge is 2.37. The Kier molecular flexibility index (Phi) is 3.72. The molecule has 0 spiro atoms. The van der Waals surface area contributed by atoms with Crippen molar-refractivity contribution < 1.29 is 21.8 Å². The van der Waals surface area contributed by atoms with E-state index >= 15 is 0 Å². The summed E-state index contributed by atoms with van der Waals surface area (Å²) in [7, 11) is -3.31. The summed E-state index contributed by atoms with van der Waals surface area (Å²) in [5, 5.41) is 0. The normalized spacial score (nSPS) is 13.7. The first-order chi connectivity index (χ1) is 6.80. The summed E-state index contributed by atoms with van der Waals surface area (Å²) < 4.78 is 61.0. The van der Waals surface area contributed by atoms with Gasteiger partial charge in [0.2, 0.25) is 11.0 Å². The predicted octanol–water partition coefficient (Wildman–Crippen LogP) is 3.18. The van der Waals surface area contributed by atoms with Gasteiger partial charge in [-0.1, -0.05) is 15.9 Å². The Balaban J connectivity index is 2.87. The molecule has 0 aliphatic carbocycles. The zero-order valence-electron chi connectivity index (χ0n) is 6.94. The van der Waals surface area contributed by atoms with E-state index in [0.717, 1.165) is 12.1 Å². The molecule has 1 N–H and O–H groups in total. The van der Waals surface area contributed by atoms with Gasteiger partial charge in [0.15, 0.2) is 0 Å². The molecule has 1 atom stereocenters. The van der Waals surface area contributed by atoms with Gasteiger partial charge in [0.05, 0.1) is 5.69 Å². The Morgan fingerprint density at radius 3 is 2.40 bits per heavy atom. The third-order valence-electron chi connectivity index (χ3n) is 1.34. The molecular formula is C7H4BrF4NOS. The second-order valence-electron chi connectivity index (χ2n) is 2.44. The van der Waals surface area contributed by atoms with Crippen LogP contribution >= 0.6 is 15.9 Å². The van der Waals surface area contributed by atoms with E-state index in [4.69, 9.17) is 0 Å². The standard InChI is InChI=1S/C7H4BrF4NOS/c8-4-1-2-6(5(9)3-4)13-15(14)7(10,11)12/h1-3,13H. The molecule has 1 aromatic rings. The average Bonchev–Trinajstić information content (AvgIpc) is 2.08. The van der Waals surface area contributed by atoms with Crippen molar-refractivity contribution in [1.82, 2.24) is 0 Å². The first-order valence-electron chi connectivity index (χ1n) is 3.51. The summed E-state index contributed by atoms with van der Waals surface area (Å²) in [6.07, 6.45) is 0. The van der Waals surface area contributed by atoms with E-state index in [1.54, 1.807) is 0 Å². The minimum atomic E-state index is -4.92. The minimum absolute atomic E-state index is 0.378. The van der Waals surface area contributed by atoms with Crippen molar-refractivity contribution in [2.75, 3.05) is 4.72 Å². The second-order valence-corrected chi connectivity index (χ2v) is 4.56. The highest BCUT2D eigenvalue weighted by molar-refractivity contribution is 9.10. The average molecular weight is 306 g/mol. The molecule has 1 rings (SSSR count). The Morgan fingerprint density at radius 2 is 1.93 bits per heavy atom. The van der Waals surface area contributed by atoms with Crippen LogP contribution in [0.25, 0.3) is 0 Å². The first kappa shape index (κ1) is 12.4. The first-order valence-corrected chi connectivity index (χ1v) is 5.45. The third kappa shape index (κ3) is 3.45. The van der Waals surface area contributed by atoms with E-state index in [9.17, 15) is 21.8 Å². The van der Waals surface area contributed by atoms with Crippen LogP contribution in [-0.4, -0.2) is 9.72 Å². The van der Waals surface area contributed by atoms with Crippen LogP contribution in [0.2, 0.25) is 0 Å². The van der Waals surface area contributed by atoms with Crippen LogP contribution in [0.4, 0.5) is 23.2 Å². The topological polar surface area (TPSA) is 29.1 Å². The van der Waals surface area contributed by atoms with Crippen molar-refractivity contribution >= 4 is 32.6 Å². The van der Waals surface area contributed by atoms with Gasteiger partial charge in [-0.2, -0.15) is 13.2 Å². The van der Waals surface area contributed by atoms with Crippen molar-refractivity contribution in [1.29, 1.82) is 0 Å². The van der Waals surface area contributed by atoms with Gasteiger partial charge in [0, 0.05) is 4.47 Å². The summed E-state index contributed by atoms with van der Waals surface area (Å²) >= 11 is 2.94. The lowest BCUT2D eigenvalue weighted by atomic mass is 10.3.